The predicted molar refractivity (Wildman–Crippen MR) is 119 cm³/mol. The topological polar surface area (TPSA) is 17.8 Å². The zero-order valence-electron chi connectivity index (χ0n) is 18.0. The Morgan fingerprint density at radius 3 is 2.11 bits per heavy atom. The summed E-state index contributed by atoms with van der Waals surface area (Å²) in [5.41, 5.74) is 2.92. The number of rotatable bonds is 12. The Bertz CT molecular complexity index is 708. The third kappa shape index (κ3) is 5.30. The Balaban J connectivity index is 1.93. The fourth-order valence-corrected chi connectivity index (χ4v) is 9.95. The van der Waals surface area contributed by atoms with Crippen LogP contribution in [0.3, 0.4) is 0 Å². The summed E-state index contributed by atoms with van der Waals surface area (Å²) >= 11 is -0.773. The minimum absolute atomic E-state index is 0.613. The molecule has 0 unspecified atom stereocenters. The van der Waals surface area contributed by atoms with Crippen molar-refractivity contribution in [3.63, 3.8) is 0 Å². The van der Waals surface area contributed by atoms with Gasteiger partial charge in [-0.1, -0.05) is 0 Å². The van der Waals surface area contributed by atoms with Crippen LogP contribution in [0.2, 0.25) is 3.43 Å². The molecule has 1 aliphatic rings. The van der Waals surface area contributed by atoms with E-state index in [1.54, 1.807) is 5.56 Å². The van der Waals surface area contributed by atoms with Crippen LogP contribution in [0.25, 0.3) is 10.9 Å². The van der Waals surface area contributed by atoms with Crippen molar-refractivity contribution in [3.05, 3.63) is 23.8 Å². The molecule has 0 amide bonds. The summed E-state index contributed by atoms with van der Waals surface area (Å²) in [6, 6.07) is 7.21. The summed E-state index contributed by atoms with van der Waals surface area (Å²) in [5.74, 6) is 0.831. The van der Waals surface area contributed by atoms with Crippen LogP contribution < -0.4 is 3.71 Å². The fourth-order valence-electron chi connectivity index (χ4n) is 4.41. The van der Waals surface area contributed by atoms with Gasteiger partial charge in [0.2, 0.25) is 0 Å². The first-order valence-corrected chi connectivity index (χ1v) is 14.2. The summed E-state index contributed by atoms with van der Waals surface area (Å²) in [6.45, 7) is 7.06. The average molecular weight is 473 g/mol. The van der Waals surface area contributed by atoms with E-state index in [-0.39, 0.29) is 0 Å². The molecule has 0 aliphatic heterocycles. The first kappa shape index (κ1) is 21.2. The minimum atomic E-state index is -0.773. The fraction of sp³-hybridized carbons (Fsp3) is 0.708. The molecule has 1 saturated carbocycles. The second-order valence-electron chi connectivity index (χ2n) is 8.74. The standard InChI is InChI=1S/C13H27.C11H11N2.Sn/c1-4-7-10-13(11-8-5-2)12-9-6-3;1-13-11-5-4-9(8-2-3-8)6-10(11)7-12-13;/h4-12H2,1-3H3;4-6,8H,2-3H2,1H3;. The van der Waals surface area contributed by atoms with E-state index in [0.29, 0.717) is 3.43 Å². The number of fused-ring (bicyclic) bond motifs is 1. The van der Waals surface area contributed by atoms with Crippen molar-refractivity contribution in [3.8, 4) is 0 Å². The molecule has 1 fully saturated rings. The van der Waals surface area contributed by atoms with Gasteiger partial charge in [0, 0.05) is 0 Å². The molecule has 0 N–H and O–H groups in total. The Kier molecular flexibility index (Phi) is 7.70. The van der Waals surface area contributed by atoms with Crippen LogP contribution in [-0.4, -0.2) is 30.9 Å². The van der Waals surface area contributed by atoms with Crippen molar-refractivity contribution >= 4 is 35.8 Å². The second-order valence-corrected chi connectivity index (χ2v) is 13.8. The van der Waals surface area contributed by atoms with Gasteiger partial charge in [0.15, 0.2) is 0 Å². The summed E-state index contributed by atoms with van der Waals surface area (Å²) < 4.78 is 4.30. The van der Waals surface area contributed by atoms with Gasteiger partial charge in [-0.15, -0.1) is 0 Å². The predicted octanol–water partition coefficient (Wildman–Crippen LogP) is 6.51. The van der Waals surface area contributed by atoms with Gasteiger partial charge in [0.25, 0.3) is 0 Å². The zero-order valence-corrected chi connectivity index (χ0v) is 20.8. The average Bonchev–Trinajstić information content (AvgIpc) is 3.49. The maximum absolute atomic E-state index is 5.11. The molecular formula is C24H38N2Sn. The summed E-state index contributed by atoms with van der Waals surface area (Å²) in [7, 11) is 2.15. The zero-order chi connectivity index (χ0) is 19.3. The van der Waals surface area contributed by atoms with Crippen molar-refractivity contribution in [1.29, 1.82) is 0 Å². The van der Waals surface area contributed by atoms with Crippen molar-refractivity contribution in [2.45, 2.75) is 101 Å². The monoisotopic (exact) mass is 474 g/mol. The van der Waals surface area contributed by atoms with Crippen LogP contribution in [0.5, 0.6) is 0 Å². The molecule has 3 heteroatoms. The first-order chi connectivity index (χ1) is 13.1. The van der Waals surface area contributed by atoms with E-state index in [9.17, 15) is 0 Å². The molecule has 2 nitrogen and oxygen atoms in total. The van der Waals surface area contributed by atoms with Gasteiger partial charge in [0.1, 0.15) is 0 Å². The van der Waals surface area contributed by atoms with Gasteiger partial charge in [-0.2, -0.15) is 0 Å². The Labute approximate surface area is 176 Å². The number of hydrogen-bond acceptors (Lipinski definition) is 1. The van der Waals surface area contributed by atoms with Crippen molar-refractivity contribution in [1.82, 2.24) is 9.78 Å². The Morgan fingerprint density at radius 2 is 1.59 bits per heavy atom. The van der Waals surface area contributed by atoms with Crippen molar-refractivity contribution in [2.24, 2.45) is 7.05 Å². The molecule has 0 atom stereocenters. The van der Waals surface area contributed by atoms with Crippen LogP contribution in [-0.2, 0) is 7.05 Å². The molecule has 148 valence electrons. The number of nitrogens with zero attached hydrogens (tertiary/aromatic N) is 2. The van der Waals surface area contributed by atoms with Gasteiger partial charge in [-0.3, -0.25) is 0 Å². The van der Waals surface area contributed by atoms with Crippen LogP contribution in [0, 0.1) is 0 Å². The molecule has 3 rings (SSSR count). The third-order valence-electron chi connectivity index (χ3n) is 6.33. The van der Waals surface area contributed by atoms with Gasteiger partial charge in [-0.05, 0) is 0 Å². The molecule has 2 aromatic rings. The first-order valence-electron chi connectivity index (χ1n) is 11.4. The summed E-state index contributed by atoms with van der Waals surface area (Å²) in [5, 5.41) is 6.61. The number of benzene rings is 1. The number of unbranched alkanes of at least 4 members (excludes halogenated alkanes) is 3. The Morgan fingerprint density at radius 1 is 1.00 bits per heavy atom. The molecule has 1 aliphatic carbocycles. The molecule has 2 radical (unpaired) electrons. The number of aryl methyl sites for hydroxylation is 1. The Hall–Kier alpha value is -0.511. The molecule has 0 spiro atoms. The van der Waals surface area contributed by atoms with Crippen molar-refractivity contribution in [2.75, 3.05) is 0 Å². The molecule has 1 aromatic heterocycles. The van der Waals surface area contributed by atoms with Crippen LogP contribution in [0.1, 0.15) is 103 Å². The summed E-state index contributed by atoms with van der Waals surface area (Å²) in [6.07, 6.45) is 15.3. The second kappa shape index (κ2) is 9.80. The SMILES string of the molecule is CCCC[C](CCCC)(CCCC)[Sn][c]1nn(C)c2ccc(C3CC3)cc12. The number of aromatic nitrogens is 2. The third-order valence-corrected chi connectivity index (χ3v) is 11.7. The van der Waals surface area contributed by atoms with Gasteiger partial charge in [0.05, 0.1) is 0 Å². The van der Waals surface area contributed by atoms with E-state index in [1.165, 1.54) is 85.2 Å². The number of hydrogen-bond donors (Lipinski definition) is 0. The molecule has 27 heavy (non-hydrogen) atoms. The van der Waals surface area contributed by atoms with E-state index < -0.39 is 21.1 Å². The van der Waals surface area contributed by atoms with E-state index in [0.717, 1.165) is 5.92 Å². The van der Waals surface area contributed by atoms with E-state index in [1.807, 2.05) is 0 Å². The van der Waals surface area contributed by atoms with E-state index in [4.69, 9.17) is 5.10 Å². The normalized spacial score (nSPS) is 15.0. The quantitative estimate of drug-likeness (QED) is 0.322. The van der Waals surface area contributed by atoms with Crippen molar-refractivity contribution < 1.29 is 0 Å². The van der Waals surface area contributed by atoms with Gasteiger partial charge in [-0.25, -0.2) is 0 Å². The van der Waals surface area contributed by atoms with Crippen LogP contribution in [0.15, 0.2) is 18.2 Å². The maximum atomic E-state index is 5.11. The molecule has 0 bridgehead atoms. The van der Waals surface area contributed by atoms with Crippen LogP contribution >= 0.6 is 0 Å². The van der Waals surface area contributed by atoms with Crippen LogP contribution in [0.4, 0.5) is 0 Å². The molecule has 0 saturated heterocycles. The summed E-state index contributed by atoms with van der Waals surface area (Å²) in [4.78, 5) is 0. The van der Waals surface area contributed by atoms with Gasteiger partial charge >= 0.3 is 177 Å². The van der Waals surface area contributed by atoms with E-state index >= 15 is 0 Å². The van der Waals surface area contributed by atoms with E-state index in [2.05, 4.69) is 50.7 Å². The molecular weight excluding hydrogens is 435 g/mol. The molecule has 1 aromatic carbocycles. The molecule has 1 heterocycles. The van der Waals surface area contributed by atoms with Gasteiger partial charge < -0.3 is 0 Å².